The molecule has 0 bridgehead atoms. The highest BCUT2D eigenvalue weighted by molar-refractivity contribution is 8.18. The van der Waals surface area contributed by atoms with Gasteiger partial charge in [-0.25, -0.2) is 0 Å². The first-order chi connectivity index (χ1) is 13.2. The van der Waals surface area contributed by atoms with Gasteiger partial charge in [0.1, 0.15) is 11.8 Å². The molecule has 1 N–H and O–H groups in total. The lowest BCUT2D eigenvalue weighted by atomic mass is 10.1. The first-order valence-electron chi connectivity index (χ1n) is 8.77. The van der Waals surface area contributed by atoms with Gasteiger partial charge in [-0.2, -0.15) is 4.99 Å². The second-order valence-electron chi connectivity index (χ2n) is 6.38. The molecule has 140 valence electrons. The number of hydrogen-bond acceptors (Lipinski definition) is 7. The van der Waals surface area contributed by atoms with Crippen LogP contribution in [0.15, 0.2) is 49.6 Å². The molecule has 0 radical (unpaired) electrons. The predicted octanol–water partition coefficient (Wildman–Crippen LogP) is 1.37. The number of amides is 1. The number of carbonyl (C=O) groups is 1. The Hall–Kier alpha value is -2.42. The summed E-state index contributed by atoms with van der Waals surface area (Å²) >= 11 is 1.29. The minimum absolute atomic E-state index is 0.148. The van der Waals surface area contributed by atoms with Gasteiger partial charge in [0.2, 0.25) is 0 Å². The molecule has 2 aromatic rings. The zero-order chi connectivity index (χ0) is 18.8. The minimum atomic E-state index is -0.333. The molecule has 7 nitrogen and oxygen atoms in total. The average molecular weight is 385 g/mol. The number of piperazine rings is 1. The van der Waals surface area contributed by atoms with Crippen molar-refractivity contribution in [1.29, 1.82) is 0 Å². The van der Waals surface area contributed by atoms with E-state index in [0.29, 0.717) is 33.2 Å². The number of rotatable bonds is 3. The summed E-state index contributed by atoms with van der Waals surface area (Å²) < 4.78 is 5.51. The lowest BCUT2D eigenvalue weighted by Crippen LogP contribution is -2.48. The van der Waals surface area contributed by atoms with Gasteiger partial charge in [-0.3, -0.25) is 14.5 Å². The van der Waals surface area contributed by atoms with Crippen LogP contribution in [0.5, 0.6) is 0 Å². The van der Waals surface area contributed by atoms with E-state index in [0.717, 1.165) is 26.2 Å². The number of para-hydroxylation sites is 1. The molecule has 8 heteroatoms. The van der Waals surface area contributed by atoms with Crippen molar-refractivity contribution >= 4 is 39.9 Å². The number of aliphatic hydroxyl groups excluding tert-OH is 1. The van der Waals surface area contributed by atoms with Crippen LogP contribution in [0, 0.1) is 0 Å². The second-order valence-corrected chi connectivity index (χ2v) is 7.39. The molecule has 0 aliphatic carbocycles. The smallest absolute Gasteiger partial charge is 0.286 e. The van der Waals surface area contributed by atoms with Gasteiger partial charge in [-0.1, -0.05) is 12.1 Å². The van der Waals surface area contributed by atoms with Crippen molar-refractivity contribution in [2.45, 2.75) is 0 Å². The van der Waals surface area contributed by atoms with Crippen molar-refractivity contribution in [3.05, 3.63) is 51.2 Å². The zero-order valence-electron chi connectivity index (χ0n) is 14.6. The molecule has 1 amide bonds. The highest BCUT2D eigenvalue weighted by Crippen LogP contribution is 2.30. The average Bonchev–Trinajstić information content (AvgIpc) is 3.05. The van der Waals surface area contributed by atoms with E-state index in [1.165, 1.54) is 18.0 Å². The van der Waals surface area contributed by atoms with E-state index in [9.17, 15) is 9.59 Å². The number of β-amino-alcohol motifs (C(OH)–C–C–N with tert-alkyl or cyclic N) is 1. The second kappa shape index (κ2) is 7.67. The van der Waals surface area contributed by atoms with E-state index >= 15 is 0 Å². The molecule has 1 aromatic heterocycles. The third kappa shape index (κ3) is 3.69. The fraction of sp³-hybridized carbons (Fsp3) is 0.316. The van der Waals surface area contributed by atoms with Crippen LogP contribution in [0.25, 0.3) is 17.0 Å². The van der Waals surface area contributed by atoms with Crippen molar-refractivity contribution in [3.63, 3.8) is 0 Å². The number of amidine groups is 1. The summed E-state index contributed by atoms with van der Waals surface area (Å²) in [5.74, 6) is -0.333. The van der Waals surface area contributed by atoms with E-state index in [2.05, 4.69) is 14.8 Å². The van der Waals surface area contributed by atoms with Gasteiger partial charge in [0.25, 0.3) is 5.91 Å². The molecule has 2 aliphatic heterocycles. The number of thioether (sulfide) groups is 1. The van der Waals surface area contributed by atoms with Crippen LogP contribution >= 0.6 is 11.8 Å². The molecule has 0 saturated carbocycles. The van der Waals surface area contributed by atoms with Crippen LogP contribution in [0.2, 0.25) is 0 Å². The number of carbonyl (C=O) groups excluding carboxylic acids is 1. The molecular weight excluding hydrogens is 366 g/mol. The van der Waals surface area contributed by atoms with Gasteiger partial charge in [0.15, 0.2) is 10.6 Å². The van der Waals surface area contributed by atoms with Crippen LogP contribution in [-0.2, 0) is 4.79 Å². The monoisotopic (exact) mass is 385 g/mol. The molecule has 0 spiro atoms. The standard InChI is InChI=1S/C19H19N3O4S/c23-10-9-21-5-7-22(8-6-21)19-20-18(25)16(27-19)11-13-12-26-15-4-2-1-3-14(15)17(13)24/h1-4,11-12,23H,5-10H2/b16-11+. The van der Waals surface area contributed by atoms with Crippen molar-refractivity contribution in [3.8, 4) is 0 Å². The Kier molecular flexibility index (Phi) is 5.11. The van der Waals surface area contributed by atoms with Gasteiger partial charge in [0, 0.05) is 32.7 Å². The normalized spacial score (nSPS) is 19.9. The Morgan fingerprint density at radius 1 is 1.19 bits per heavy atom. The summed E-state index contributed by atoms with van der Waals surface area (Å²) in [6.07, 6.45) is 2.95. The maximum Gasteiger partial charge on any atom is 0.286 e. The van der Waals surface area contributed by atoms with Gasteiger partial charge >= 0.3 is 0 Å². The number of aliphatic hydroxyl groups is 1. The van der Waals surface area contributed by atoms with E-state index in [1.54, 1.807) is 30.3 Å². The maximum atomic E-state index is 12.6. The third-order valence-electron chi connectivity index (χ3n) is 4.66. The lowest BCUT2D eigenvalue weighted by molar-refractivity contribution is -0.113. The third-order valence-corrected chi connectivity index (χ3v) is 5.71. The molecule has 0 unspecified atom stereocenters. The molecule has 2 aliphatic rings. The van der Waals surface area contributed by atoms with Crippen molar-refractivity contribution < 1.29 is 14.3 Å². The quantitative estimate of drug-likeness (QED) is 0.799. The first-order valence-corrected chi connectivity index (χ1v) is 9.58. The Balaban J connectivity index is 1.51. The molecule has 1 saturated heterocycles. The highest BCUT2D eigenvalue weighted by Gasteiger charge is 2.28. The predicted molar refractivity (Wildman–Crippen MR) is 106 cm³/mol. The number of aliphatic imine (C=N–C) groups is 1. The van der Waals surface area contributed by atoms with Crippen molar-refractivity contribution in [2.24, 2.45) is 4.99 Å². The largest absolute Gasteiger partial charge is 0.463 e. The van der Waals surface area contributed by atoms with Crippen LogP contribution in [0.1, 0.15) is 5.56 Å². The number of hydrogen-bond donors (Lipinski definition) is 1. The number of nitrogens with zero attached hydrogens (tertiary/aromatic N) is 3. The Morgan fingerprint density at radius 2 is 1.96 bits per heavy atom. The van der Waals surface area contributed by atoms with Crippen LogP contribution in [0.4, 0.5) is 0 Å². The summed E-state index contributed by atoms with van der Waals surface area (Å²) in [5, 5.41) is 10.2. The number of fused-ring (bicyclic) bond motifs is 1. The van der Waals surface area contributed by atoms with Crippen molar-refractivity contribution in [2.75, 3.05) is 39.3 Å². The molecule has 3 heterocycles. The Bertz CT molecular complexity index is 990. The summed E-state index contributed by atoms with van der Waals surface area (Å²) in [7, 11) is 0. The zero-order valence-corrected chi connectivity index (χ0v) is 15.4. The van der Waals surface area contributed by atoms with Crippen LogP contribution in [-0.4, -0.2) is 65.3 Å². The Morgan fingerprint density at radius 3 is 2.74 bits per heavy atom. The van der Waals surface area contributed by atoms with Gasteiger partial charge in [-0.15, -0.1) is 0 Å². The van der Waals surface area contributed by atoms with E-state index < -0.39 is 0 Å². The molecule has 4 rings (SSSR count). The van der Waals surface area contributed by atoms with Crippen molar-refractivity contribution in [1.82, 2.24) is 9.80 Å². The number of benzene rings is 1. The molecule has 27 heavy (non-hydrogen) atoms. The Labute approximate surface area is 160 Å². The van der Waals surface area contributed by atoms with E-state index in [4.69, 9.17) is 9.52 Å². The maximum absolute atomic E-state index is 12.6. The van der Waals surface area contributed by atoms with E-state index in [-0.39, 0.29) is 17.9 Å². The SMILES string of the molecule is O=C1N=C(N2CCN(CCO)CC2)S/C1=C/c1coc2ccccc2c1=O. The molecular formula is C19H19N3O4S. The minimum Gasteiger partial charge on any atom is -0.463 e. The molecule has 1 fully saturated rings. The highest BCUT2D eigenvalue weighted by atomic mass is 32.2. The summed E-state index contributed by atoms with van der Waals surface area (Å²) in [6, 6.07) is 7.03. The van der Waals surface area contributed by atoms with E-state index in [1.807, 2.05) is 0 Å². The van der Waals surface area contributed by atoms with Crippen LogP contribution < -0.4 is 5.43 Å². The summed E-state index contributed by atoms with van der Waals surface area (Å²) in [4.78, 5) is 33.7. The van der Waals surface area contributed by atoms with Gasteiger partial charge < -0.3 is 14.4 Å². The fourth-order valence-corrected chi connectivity index (χ4v) is 4.13. The summed E-state index contributed by atoms with van der Waals surface area (Å²) in [5.41, 5.74) is 0.699. The summed E-state index contributed by atoms with van der Waals surface area (Å²) in [6.45, 7) is 3.96. The van der Waals surface area contributed by atoms with Gasteiger partial charge in [0.05, 0.1) is 22.5 Å². The molecule has 1 aromatic carbocycles. The topological polar surface area (TPSA) is 86.3 Å². The fourth-order valence-electron chi connectivity index (χ4n) is 3.17. The van der Waals surface area contributed by atoms with Crippen LogP contribution in [0.3, 0.4) is 0 Å². The molecule has 0 atom stereocenters. The first kappa shape index (κ1) is 18.0. The van der Waals surface area contributed by atoms with Gasteiger partial charge in [-0.05, 0) is 30.0 Å². The lowest BCUT2D eigenvalue weighted by Gasteiger charge is -2.34.